The first-order valence-electron chi connectivity index (χ1n) is 9.36. The van der Waals surface area contributed by atoms with E-state index in [0.29, 0.717) is 30.7 Å². The third-order valence-corrected chi connectivity index (χ3v) is 5.84. The van der Waals surface area contributed by atoms with Crippen LogP contribution in [-0.2, 0) is 4.74 Å². The van der Waals surface area contributed by atoms with E-state index in [1.54, 1.807) is 12.1 Å². The van der Waals surface area contributed by atoms with Crippen LogP contribution in [0.2, 0.25) is 0 Å². The zero-order valence-corrected chi connectivity index (χ0v) is 17.5. The molecule has 0 aromatic heterocycles. The largest absolute Gasteiger partial charge is 1.00 e. The summed E-state index contributed by atoms with van der Waals surface area (Å²) < 4.78 is 12.3. The molecule has 0 radical (unpaired) electrons. The zero-order valence-electron chi connectivity index (χ0n) is 15.4. The number of ether oxygens (including phenoxy) is 2. The quantitative estimate of drug-likeness (QED) is 0.369. The number of rotatable bonds is 5. The molecular formula is C20H30INO3. The molecule has 3 rings (SSSR count). The van der Waals surface area contributed by atoms with Gasteiger partial charge in [-0.3, -0.25) is 0 Å². The predicted molar refractivity (Wildman–Crippen MR) is 94.2 cm³/mol. The minimum absolute atomic E-state index is 0. The lowest BCUT2D eigenvalue weighted by Gasteiger charge is -2.51. The van der Waals surface area contributed by atoms with Crippen LogP contribution in [0, 0.1) is 5.92 Å². The molecule has 3 unspecified atom stereocenters. The van der Waals surface area contributed by atoms with Gasteiger partial charge in [-0.25, -0.2) is 4.79 Å². The Labute approximate surface area is 168 Å². The summed E-state index contributed by atoms with van der Waals surface area (Å²) in [5.74, 6) is 1.08. The van der Waals surface area contributed by atoms with Crippen molar-refractivity contribution in [3.63, 3.8) is 0 Å². The topological polar surface area (TPSA) is 35.5 Å². The van der Waals surface area contributed by atoms with Gasteiger partial charge >= 0.3 is 5.97 Å². The van der Waals surface area contributed by atoms with E-state index in [1.807, 2.05) is 19.1 Å². The molecule has 0 aliphatic carbocycles. The van der Waals surface area contributed by atoms with Gasteiger partial charge in [0.25, 0.3) is 0 Å². The molecule has 2 aliphatic heterocycles. The van der Waals surface area contributed by atoms with Crippen molar-refractivity contribution in [3.05, 3.63) is 29.8 Å². The molecule has 3 atom stereocenters. The molecule has 0 amide bonds. The van der Waals surface area contributed by atoms with E-state index in [-0.39, 0.29) is 29.9 Å². The second-order valence-corrected chi connectivity index (χ2v) is 7.45. The average Bonchev–Trinajstić information content (AvgIpc) is 2.60. The van der Waals surface area contributed by atoms with Crippen LogP contribution in [0.5, 0.6) is 5.75 Å². The number of esters is 1. The van der Waals surface area contributed by atoms with E-state index >= 15 is 0 Å². The van der Waals surface area contributed by atoms with Crippen LogP contribution in [-0.4, -0.2) is 49.8 Å². The Hall–Kier alpha value is -0.820. The molecule has 0 saturated carbocycles. The number of halogens is 1. The number of piperidine rings is 2. The van der Waals surface area contributed by atoms with Crippen molar-refractivity contribution in [2.24, 2.45) is 5.92 Å². The van der Waals surface area contributed by atoms with Crippen molar-refractivity contribution in [1.29, 1.82) is 0 Å². The summed E-state index contributed by atoms with van der Waals surface area (Å²) in [7, 11) is 2.39. The van der Waals surface area contributed by atoms with Gasteiger partial charge in [0.15, 0.2) is 0 Å². The lowest BCUT2D eigenvalue weighted by molar-refractivity contribution is -0.947. The monoisotopic (exact) mass is 459 g/mol. The summed E-state index contributed by atoms with van der Waals surface area (Å²) in [6.07, 6.45) is 6.38. The number of fused-ring (bicyclic) bond motifs is 1. The van der Waals surface area contributed by atoms with Crippen LogP contribution in [0.4, 0.5) is 0 Å². The number of hydrogen-bond acceptors (Lipinski definition) is 3. The Balaban J connectivity index is 0.00000225. The van der Waals surface area contributed by atoms with Crippen LogP contribution >= 0.6 is 0 Å². The number of benzene rings is 1. The van der Waals surface area contributed by atoms with Crippen molar-refractivity contribution in [1.82, 2.24) is 0 Å². The number of carbonyl (C=O) groups excluding carboxylic acids is 1. The lowest BCUT2D eigenvalue weighted by Crippen LogP contribution is -3.00. The molecule has 2 saturated heterocycles. The highest BCUT2D eigenvalue weighted by Gasteiger charge is 2.43. The highest BCUT2D eigenvalue weighted by atomic mass is 127. The molecule has 4 nitrogen and oxygen atoms in total. The molecule has 2 aliphatic rings. The molecule has 2 heterocycles. The van der Waals surface area contributed by atoms with Gasteiger partial charge in [0.2, 0.25) is 0 Å². The van der Waals surface area contributed by atoms with Gasteiger partial charge < -0.3 is 37.9 Å². The molecular weight excluding hydrogens is 429 g/mol. The van der Waals surface area contributed by atoms with Gasteiger partial charge in [-0.2, -0.15) is 0 Å². The molecule has 0 N–H and O–H groups in total. The highest BCUT2D eigenvalue weighted by molar-refractivity contribution is 5.89. The van der Waals surface area contributed by atoms with E-state index in [4.69, 9.17) is 9.47 Å². The van der Waals surface area contributed by atoms with E-state index < -0.39 is 0 Å². The van der Waals surface area contributed by atoms with Crippen molar-refractivity contribution < 1.29 is 42.7 Å². The minimum Gasteiger partial charge on any atom is -1.00 e. The minimum atomic E-state index is -0.214. The molecule has 2 fully saturated rings. The Morgan fingerprint density at radius 2 is 1.84 bits per heavy atom. The fourth-order valence-electron chi connectivity index (χ4n) is 4.55. The fraction of sp³-hybridized carbons (Fsp3) is 0.650. The summed E-state index contributed by atoms with van der Waals surface area (Å²) in [4.78, 5) is 12.3. The van der Waals surface area contributed by atoms with Crippen LogP contribution in [0.3, 0.4) is 0 Å². The Bertz CT molecular complexity index is 559. The fourth-order valence-corrected chi connectivity index (χ4v) is 4.55. The van der Waals surface area contributed by atoms with Gasteiger partial charge in [0, 0.05) is 12.3 Å². The van der Waals surface area contributed by atoms with Crippen molar-refractivity contribution in [3.8, 4) is 5.75 Å². The third-order valence-electron chi connectivity index (χ3n) is 5.84. The second-order valence-electron chi connectivity index (χ2n) is 7.45. The van der Waals surface area contributed by atoms with Crippen LogP contribution in [0.1, 0.15) is 49.4 Å². The molecule has 0 bridgehead atoms. The Kier molecular flexibility index (Phi) is 7.55. The SMILES string of the molecule is CCOc1ccc(C(=O)OCC2CCC[N+]3(C)CCCCC23)cc1.[I-]. The van der Waals surface area contributed by atoms with Crippen LogP contribution in [0.15, 0.2) is 24.3 Å². The Morgan fingerprint density at radius 1 is 1.12 bits per heavy atom. The lowest BCUT2D eigenvalue weighted by atomic mass is 9.82. The maximum absolute atomic E-state index is 12.3. The van der Waals surface area contributed by atoms with Crippen molar-refractivity contribution >= 4 is 5.97 Å². The maximum atomic E-state index is 12.3. The molecule has 140 valence electrons. The van der Waals surface area contributed by atoms with E-state index in [2.05, 4.69) is 7.05 Å². The number of hydrogen-bond donors (Lipinski definition) is 0. The maximum Gasteiger partial charge on any atom is 0.338 e. The highest BCUT2D eigenvalue weighted by Crippen LogP contribution is 2.36. The van der Waals surface area contributed by atoms with Crippen molar-refractivity contribution in [2.45, 2.75) is 45.1 Å². The summed E-state index contributed by atoms with van der Waals surface area (Å²) in [6, 6.07) is 7.90. The van der Waals surface area contributed by atoms with Gasteiger partial charge in [-0.1, -0.05) is 0 Å². The normalized spacial score (nSPS) is 28.4. The molecule has 25 heavy (non-hydrogen) atoms. The van der Waals surface area contributed by atoms with Crippen LogP contribution in [0.25, 0.3) is 0 Å². The first-order chi connectivity index (χ1) is 11.6. The average molecular weight is 459 g/mol. The van der Waals surface area contributed by atoms with Gasteiger partial charge in [-0.15, -0.1) is 0 Å². The van der Waals surface area contributed by atoms with E-state index in [1.165, 1.54) is 49.7 Å². The summed E-state index contributed by atoms with van der Waals surface area (Å²) in [5.41, 5.74) is 0.607. The number of quaternary nitrogens is 1. The third kappa shape index (κ3) is 4.88. The van der Waals surface area contributed by atoms with Crippen molar-refractivity contribution in [2.75, 3.05) is 33.4 Å². The predicted octanol–water partition coefficient (Wildman–Crippen LogP) is 0.655. The van der Waals surface area contributed by atoms with Crippen LogP contribution < -0.4 is 28.7 Å². The molecule has 0 spiro atoms. The summed E-state index contributed by atoms with van der Waals surface area (Å²) >= 11 is 0. The summed E-state index contributed by atoms with van der Waals surface area (Å²) in [6.45, 7) is 5.71. The van der Waals surface area contributed by atoms with Gasteiger partial charge in [0.1, 0.15) is 12.4 Å². The van der Waals surface area contributed by atoms with E-state index in [0.717, 1.165) is 5.75 Å². The molecule has 1 aromatic carbocycles. The standard InChI is InChI=1S/C20H30NO3.HI/c1-3-23-18-11-9-16(10-12-18)20(22)24-15-17-7-6-14-21(2)13-5-4-8-19(17)21;/h9-12,17,19H,3-8,13-15H2,1-2H3;1H/q+1;/p-1. The second kappa shape index (κ2) is 9.21. The first kappa shape index (κ1) is 20.5. The summed E-state index contributed by atoms with van der Waals surface area (Å²) in [5, 5.41) is 0. The Morgan fingerprint density at radius 3 is 2.56 bits per heavy atom. The first-order valence-corrected chi connectivity index (χ1v) is 9.36. The van der Waals surface area contributed by atoms with Gasteiger partial charge in [-0.05, 0) is 56.9 Å². The number of carbonyl (C=O) groups is 1. The smallest absolute Gasteiger partial charge is 0.338 e. The molecule has 5 heteroatoms. The van der Waals surface area contributed by atoms with Gasteiger partial charge in [0.05, 0.1) is 38.3 Å². The number of nitrogens with zero attached hydrogens (tertiary/aromatic N) is 1. The van der Waals surface area contributed by atoms with E-state index in [9.17, 15) is 4.79 Å². The zero-order chi connectivity index (χ0) is 17.0. The molecule has 1 aromatic rings.